The number of ketones is 1. The number of benzene rings is 2. The van der Waals surface area contributed by atoms with E-state index < -0.39 is 11.8 Å². The topological polar surface area (TPSA) is 115 Å². The lowest BCUT2D eigenvalue weighted by atomic mass is 10.1. The van der Waals surface area contributed by atoms with Crippen molar-refractivity contribution in [2.75, 3.05) is 11.9 Å². The van der Waals surface area contributed by atoms with E-state index in [9.17, 15) is 14.7 Å². The van der Waals surface area contributed by atoms with Crippen molar-refractivity contribution in [1.82, 2.24) is 0 Å². The van der Waals surface area contributed by atoms with Gasteiger partial charge in [0.25, 0.3) is 0 Å². The van der Waals surface area contributed by atoms with Crippen molar-refractivity contribution >= 4 is 40.1 Å². The summed E-state index contributed by atoms with van der Waals surface area (Å²) in [6, 6.07) is 9.29. The number of aliphatic hydroxyl groups is 1. The van der Waals surface area contributed by atoms with E-state index in [4.69, 9.17) is 26.5 Å². The number of ether oxygens (including phenoxy) is 1. The molecule has 0 saturated heterocycles. The van der Waals surface area contributed by atoms with Crippen molar-refractivity contribution in [3.8, 4) is 5.75 Å². The molecule has 0 fully saturated rings. The number of furan rings is 1. The van der Waals surface area contributed by atoms with Gasteiger partial charge in [-0.1, -0.05) is 31.0 Å². The lowest BCUT2D eigenvalue weighted by Crippen LogP contribution is -2.20. The van der Waals surface area contributed by atoms with Crippen LogP contribution in [0.1, 0.15) is 47.9 Å². The molecule has 3 rings (SSSR count). The smallest absolute Gasteiger partial charge is 0.316 e. The number of primary amides is 1. The Morgan fingerprint density at radius 1 is 1.23 bits per heavy atom. The molecule has 1 atom stereocenters. The second-order valence-electron chi connectivity index (χ2n) is 7.31. The average molecular weight is 445 g/mol. The van der Waals surface area contributed by atoms with E-state index in [0.717, 1.165) is 18.4 Å². The summed E-state index contributed by atoms with van der Waals surface area (Å²) in [5, 5.41) is 12.5. The maximum Gasteiger partial charge on any atom is 0.316 e. The molecule has 0 radical (unpaired) electrons. The standard InChI is InChI=1S/C23H25ClN2O5/c1-3-4-14(9-10-27)30-15-6-8-17-19(12-15)31-22(20(17)26-23(25)29)21(28)16-7-5-13(2)11-18(16)24/h5-8,11-12,14,27H,3-4,9-10H2,1-2H3,(H3,25,26,29). The summed E-state index contributed by atoms with van der Waals surface area (Å²) >= 11 is 6.26. The predicted molar refractivity (Wildman–Crippen MR) is 120 cm³/mol. The molecule has 4 N–H and O–H groups in total. The second-order valence-corrected chi connectivity index (χ2v) is 7.71. The van der Waals surface area contributed by atoms with Gasteiger partial charge in [-0.05, 0) is 43.2 Å². The number of nitrogens with one attached hydrogen (secondary N) is 1. The molecule has 0 saturated carbocycles. The number of aliphatic hydroxyl groups excluding tert-OH is 1. The van der Waals surface area contributed by atoms with Gasteiger partial charge in [-0.25, -0.2) is 4.79 Å². The highest BCUT2D eigenvalue weighted by molar-refractivity contribution is 6.35. The van der Waals surface area contributed by atoms with Gasteiger partial charge in [0.05, 0.1) is 5.02 Å². The van der Waals surface area contributed by atoms with Gasteiger partial charge in [0, 0.05) is 30.0 Å². The van der Waals surface area contributed by atoms with Crippen LogP contribution < -0.4 is 15.8 Å². The quantitative estimate of drug-likeness (QED) is 0.399. The van der Waals surface area contributed by atoms with Gasteiger partial charge in [-0.15, -0.1) is 0 Å². The molecule has 3 aromatic rings. The van der Waals surface area contributed by atoms with Crippen molar-refractivity contribution < 1.29 is 23.8 Å². The van der Waals surface area contributed by atoms with Gasteiger partial charge < -0.3 is 25.3 Å². The highest BCUT2D eigenvalue weighted by Gasteiger charge is 2.25. The number of hydrogen-bond acceptors (Lipinski definition) is 5. The maximum absolute atomic E-state index is 13.2. The largest absolute Gasteiger partial charge is 0.490 e. The maximum atomic E-state index is 13.2. The number of amides is 2. The van der Waals surface area contributed by atoms with Crippen LogP contribution in [0.15, 0.2) is 40.8 Å². The minimum Gasteiger partial charge on any atom is -0.490 e. The van der Waals surface area contributed by atoms with E-state index >= 15 is 0 Å². The molecule has 0 aliphatic carbocycles. The van der Waals surface area contributed by atoms with Crippen LogP contribution in [0.25, 0.3) is 11.0 Å². The zero-order chi connectivity index (χ0) is 22.5. The van der Waals surface area contributed by atoms with Gasteiger partial charge in [0.1, 0.15) is 23.1 Å². The summed E-state index contributed by atoms with van der Waals surface area (Å²) in [5.74, 6) is -0.0140. The van der Waals surface area contributed by atoms with E-state index in [0.29, 0.717) is 23.1 Å². The van der Waals surface area contributed by atoms with Crippen LogP contribution in [0.4, 0.5) is 10.5 Å². The van der Waals surface area contributed by atoms with Gasteiger partial charge in [0.15, 0.2) is 5.76 Å². The molecule has 164 valence electrons. The number of hydrogen-bond donors (Lipinski definition) is 3. The second kappa shape index (κ2) is 9.85. The molecular formula is C23H25ClN2O5. The third-order valence-electron chi connectivity index (χ3n) is 4.85. The lowest BCUT2D eigenvalue weighted by molar-refractivity contribution is 0.101. The third-order valence-corrected chi connectivity index (χ3v) is 5.16. The van der Waals surface area contributed by atoms with E-state index in [-0.39, 0.29) is 34.7 Å². The minimum absolute atomic E-state index is 0.0241. The highest BCUT2D eigenvalue weighted by Crippen LogP contribution is 2.36. The number of fused-ring (bicyclic) bond motifs is 1. The van der Waals surface area contributed by atoms with Crippen molar-refractivity contribution in [3.05, 3.63) is 58.3 Å². The first-order valence-electron chi connectivity index (χ1n) is 10.0. The molecule has 0 spiro atoms. The van der Waals surface area contributed by atoms with Crippen molar-refractivity contribution in [2.45, 2.75) is 39.2 Å². The number of anilines is 1. The van der Waals surface area contributed by atoms with Crippen LogP contribution in [0.5, 0.6) is 5.75 Å². The van der Waals surface area contributed by atoms with E-state index in [1.54, 1.807) is 36.4 Å². The summed E-state index contributed by atoms with van der Waals surface area (Å²) < 4.78 is 11.8. The third kappa shape index (κ3) is 5.18. The minimum atomic E-state index is -0.821. The molecule has 1 heterocycles. The van der Waals surface area contributed by atoms with Crippen LogP contribution in [-0.4, -0.2) is 29.6 Å². The fourth-order valence-corrected chi connectivity index (χ4v) is 3.73. The molecule has 1 aromatic heterocycles. The summed E-state index contributed by atoms with van der Waals surface area (Å²) in [5.41, 5.74) is 7.01. The molecule has 2 amide bonds. The monoisotopic (exact) mass is 444 g/mol. The fraction of sp³-hybridized carbons (Fsp3) is 0.304. The van der Waals surface area contributed by atoms with Crippen molar-refractivity contribution in [1.29, 1.82) is 0 Å². The molecule has 0 aliphatic heterocycles. The van der Waals surface area contributed by atoms with Gasteiger partial charge in [-0.2, -0.15) is 0 Å². The average Bonchev–Trinajstić information content (AvgIpc) is 3.05. The Hall–Kier alpha value is -3.03. The summed E-state index contributed by atoms with van der Waals surface area (Å²) in [6.07, 6.45) is 2.07. The predicted octanol–water partition coefficient (Wildman–Crippen LogP) is 5.05. The first kappa shape index (κ1) is 22.7. The zero-order valence-electron chi connectivity index (χ0n) is 17.4. The number of carbonyl (C=O) groups is 2. The molecule has 2 aromatic carbocycles. The van der Waals surface area contributed by atoms with E-state index in [1.807, 2.05) is 13.8 Å². The molecule has 7 nitrogen and oxygen atoms in total. The number of carbonyl (C=O) groups excluding carboxylic acids is 2. The number of rotatable bonds is 9. The number of urea groups is 1. The molecule has 0 bridgehead atoms. The fourth-order valence-electron chi connectivity index (χ4n) is 3.40. The Morgan fingerprint density at radius 2 is 2.00 bits per heavy atom. The molecule has 1 unspecified atom stereocenters. The van der Waals surface area contributed by atoms with Gasteiger partial charge in [-0.3, -0.25) is 4.79 Å². The zero-order valence-corrected chi connectivity index (χ0v) is 18.2. The normalized spacial score (nSPS) is 12.0. The number of aryl methyl sites for hydroxylation is 1. The highest BCUT2D eigenvalue weighted by atomic mass is 35.5. The SMILES string of the molecule is CCCC(CCO)Oc1ccc2c(NC(N)=O)c(C(=O)c3ccc(C)cc3Cl)oc2c1. The Kier molecular flexibility index (Phi) is 7.20. The Labute approximate surface area is 185 Å². The first-order valence-corrected chi connectivity index (χ1v) is 10.4. The van der Waals surface area contributed by atoms with Crippen LogP contribution in [0.3, 0.4) is 0 Å². The lowest BCUT2D eigenvalue weighted by Gasteiger charge is -2.17. The summed E-state index contributed by atoms with van der Waals surface area (Å²) in [4.78, 5) is 24.7. The van der Waals surface area contributed by atoms with E-state index in [1.165, 1.54) is 0 Å². The number of halogens is 1. The molecule has 0 aliphatic rings. The molecular weight excluding hydrogens is 420 g/mol. The Balaban J connectivity index is 2.04. The molecule has 8 heteroatoms. The van der Waals surface area contributed by atoms with Crippen molar-refractivity contribution in [2.24, 2.45) is 5.73 Å². The van der Waals surface area contributed by atoms with Gasteiger partial charge >= 0.3 is 6.03 Å². The molecule has 31 heavy (non-hydrogen) atoms. The van der Waals surface area contributed by atoms with Crippen LogP contribution in [-0.2, 0) is 0 Å². The van der Waals surface area contributed by atoms with E-state index in [2.05, 4.69) is 5.32 Å². The Bertz CT molecular complexity index is 1100. The first-order chi connectivity index (χ1) is 14.8. The van der Waals surface area contributed by atoms with Crippen molar-refractivity contribution in [3.63, 3.8) is 0 Å². The summed E-state index contributed by atoms with van der Waals surface area (Å²) in [7, 11) is 0. The van der Waals surface area contributed by atoms with Crippen LogP contribution in [0.2, 0.25) is 5.02 Å². The summed E-state index contributed by atoms with van der Waals surface area (Å²) in [6.45, 7) is 3.93. The van der Waals surface area contributed by atoms with Gasteiger partial charge in [0.2, 0.25) is 5.78 Å². The van der Waals surface area contributed by atoms with Crippen LogP contribution in [0, 0.1) is 6.92 Å². The number of nitrogens with two attached hydrogens (primary N) is 1. The van der Waals surface area contributed by atoms with Crippen LogP contribution >= 0.6 is 11.6 Å². The Morgan fingerprint density at radius 3 is 2.65 bits per heavy atom.